The van der Waals surface area contributed by atoms with Crippen LogP contribution in [0.3, 0.4) is 0 Å². The summed E-state index contributed by atoms with van der Waals surface area (Å²) in [5.41, 5.74) is 3.22. The van der Waals surface area contributed by atoms with E-state index in [9.17, 15) is 0 Å². The number of hydrogen-bond donors (Lipinski definition) is 0. The van der Waals surface area contributed by atoms with Crippen molar-refractivity contribution >= 4 is 5.69 Å². The Labute approximate surface area is 104 Å². The van der Waals surface area contributed by atoms with Crippen molar-refractivity contribution in [2.75, 3.05) is 0 Å². The molecule has 0 spiro atoms. The van der Waals surface area contributed by atoms with Crippen molar-refractivity contribution in [3.05, 3.63) is 53.5 Å². The minimum Gasteiger partial charge on any atom is -0.655 e. The molecule has 1 aliphatic heterocycles. The zero-order chi connectivity index (χ0) is 7.68. The van der Waals surface area contributed by atoms with Gasteiger partial charge in [0.2, 0.25) is 0 Å². The Morgan fingerprint density at radius 3 is 2.62 bits per heavy atom. The van der Waals surface area contributed by atoms with E-state index in [1.165, 1.54) is 11.1 Å². The Morgan fingerprint density at radius 1 is 1.23 bits per heavy atom. The van der Waals surface area contributed by atoms with Crippen molar-refractivity contribution in [2.45, 2.75) is 13.1 Å². The van der Waals surface area contributed by atoms with Gasteiger partial charge in [0.05, 0.1) is 6.57 Å². The minimum absolute atomic E-state index is 0. The maximum absolute atomic E-state index is 6.80. The molecular formula is C10H10N2Y-2. The molecule has 0 N–H and O–H groups in total. The standard InChI is InChI=1S/C9H7N2.CH3.Y/c1-10-9-3-2-7-5-11-6-8(7)4-9;;/h2-4H,5-6H2;1H3;/q2*-1;. The summed E-state index contributed by atoms with van der Waals surface area (Å²) >= 11 is 0. The van der Waals surface area contributed by atoms with Gasteiger partial charge in [-0.3, -0.25) is 0 Å². The average molecular weight is 247 g/mol. The molecule has 1 heterocycles. The van der Waals surface area contributed by atoms with Gasteiger partial charge < -0.3 is 12.7 Å². The molecule has 2 nitrogen and oxygen atoms in total. The van der Waals surface area contributed by atoms with E-state index in [-0.39, 0.29) is 40.1 Å². The summed E-state index contributed by atoms with van der Waals surface area (Å²) in [5.74, 6) is 0. The molecule has 65 valence electrons. The normalized spacial score (nSPS) is 11.9. The zero-order valence-electron chi connectivity index (χ0n) is 7.62. The third-order valence-corrected chi connectivity index (χ3v) is 1.88. The Hall–Kier alpha value is -0.226. The predicted molar refractivity (Wildman–Crippen MR) is 49.9 cm³/mol. The molecule has 1 aliphatic rings. The van der Waals surface area contributed by atoms with Crippen LogP contribution in [-0.2, 0) is 45.8 Å². The van der Waals surface area contributed by atoms with Gasteiger partial charge in [-0.05, 0) is 0 Å². The third-order valence-electron chi connectivity index (χ3n) is 1.88. The molecule has 0 saturated heterocycles. The summed E-state index contributed by atoms with van der Waals surface area (Å²) in [7, 11) is 0. The summed E-state index contributed by atoms with van der Waals surface area (Å²) in [6, 6.07) is 5.78. The van der Waals surface area contributed by atoms with E-state index in [0.717, 1.165) is 18.8 Å². The maximum Gasteiger partial charge on any atom is 0.187 e. The Bertz CT molecular complexity index is 328. The fourth-order valence-corrected chi connectivity index (χ4v) is 1.28. The number of hydrogen-bond acceptors (Lipinski definition) is 0. The summed E-state index contributed by atoms with van der Waals surface area (Å²) in [6.07, 6.45) is 0. The third kappa shape index (κ3) is 2.61. The van der Waals surface area contributed by atoms with E-state index in [4.69, 9.17) is 6.57 Å². The van der Waals surface area contributed by atoms with E-state index in [1.807, 2.05) is 18.2 Å². The molecule has 2 rings (SSSR count). The van der Waals surface area contributed by atoms with Gasteiger partial charge in [-0.15, -0.1) is 13.1 Å². The second kappa shape index (κ2) is 5.49. The van der Waals surface area contributed by atoms with Crippen LogP contribution >= 0.6 is 0 Å². The van der Waals surface area contributed by atoms with Gasteiger partial charge in [-0.25, -0.2) is 4.85 Å². The van der Waals surface area contributed by atoms with E-state index in [1.54, 1.807) is 0 Å². The van der Waals surface area contributed by atoms with Crippen molar-refractivity contribution in [1.82, 2.24) is 0 Å². The molecule has 0 aromatic heterocycles. The molecule has 0 amide bonds. The number of benzene rings is 1. The van der Waals surface area contributed by atoms with Crippen molar-refractivity contribution in [2.24, 2.45) is 0 Å². The van der Waals surface area contributed by atoms with Crippen LogP contribution in [0.4, 0.5) is 5.69 Å². The summed E-state index contributed by atoms with van der Waals surface area (Å²) in [6.45, 7) is 8.42. The van der Waals surface area contributed by atoms with Gasteiger partial charge >= 0.3 is 0 Å². The van der Waals surface area contributed by atoms with Crippen LogP contribution in [0.15, 0.2) is 18.2 Å². The molecular weight excluding hydrogens is 237 g/mol. The van der Waals surface area contributed by atoms with E-state index >= 15 is 0 Å². The van der Waals surface area contributed by atoms with Crippen molar-refractivity contribution in [3.8, 4) is 0 Å². The first kappa shape index (κ1) is 12.8. The molecule has 1 radical (unpaired) electrons. The first-order chi connectivity index (χ1) is 5.40. The van der Waals surface area contributed by atoms with Crippen molar-refractivity contribution in [3.63, 3.8) is 0 Å². The van der Waals surface area contributed by atoms with Gasteiger partial charge in [0, 0.05) is 32.7 Å². The van der Waals surface area contributed by atoms with Crippen LogP contribution in [0.1, 0.15) is 11.1 Å². The van der Waals surface area contributed by atoms with Crippen LogP contribution in [0.25, 0.3) is 10.2 Å². The number of rotatable bonds is 0. The van der Waals surface area contributed by atoms with Gasteiger partial charge in [-0.2, -0.15) is 0 Å². The molecule has 1 aromatic rings. The molecule has 3 heteroatoms. The molecule has 0 fully saturated rings. The first-order valence-electron chi connectivity index (χ1n) is 3.52. The predicted octanol–water partition coefficient (Wildman–Crippen LogP) is 3.07. The minimum atomic E-state index is 0. The molecule has 13 heavy (non-hydrogen) atoms. The van der Waals surface area contributed by atoms with Crippen LogP contribution in [0.2, 0.25) is 0 Å². The first-order valence-corrected chi connectivity index (χ1v) is 3.52. The largest absolute Gasteiger partial charge is 0.655 e. The molecule has 0 saturated carbocycles. The zero-order valence-corrected chi connectivity index (χ0v) is 10.5. The van der Waals surface area contributed by atoms with Gasteiger partial charge in [0.1, 0.15) is 0 Å². The second-order valence-corrected chi connectivity index (χ2v) is 2.60. The molecule has 0 aliphatic carbocycles. The number of fused-ring (bicyclic) bond motifs is 1. The summed E-state index contributed by atoms with van der Waals surface area (Å²) in [5, 5.41) is 4.22. The second-order valence-electron chi connectivity index (χ2n) is 2.60. The maximum atomic E-state index is 6.80. The molecule has 0 atom stereocenters. The fraction of sp³-hybridized carbons (Fsp3) is 0.200. The monoisotopic (exact) mass is 247 g/mol. The van der Waals surface area contributed by atoms with Gasteiger partial charge in [-0.1, -0.05) is 29.3 Å². The van der Waals surface area contributed by atoms with E-state index in [2.05, 4.69) is 10.2 Å². The van der Waals surface area contributed by atoms with Gasteiger partial charge in [0.25, 0.3) is 0 Å². The van der Waals surface area contributed by atoms with Crippen LogP contribution in [-0.4, -0.2) is 0 Å². The Morgan fingerprint density at radius 2 is 1.92 bits per heavy atom. The van der Waals surface area contributed by atoms with Crippen LogP contribution in [0.5, 0.6) is 0 Å². The van der Waals surface area contributed by atoms with Crippen LogP contribution < -0.4 is 0 Å². The fourth-order valence-electron chi connectivity index (χ4n) is 1.28. The molecule has 0 bridgehead atoms. The topological polar surface area (TPSA) is 18.5 Å². The van der Waals surface area contributed by atoms with Crippen LogP contribution in [0, 0.1) is 14.0 Å². The Kier molecular flexibility index (Phi) is 5.40. The van der Waals surface area contributed by atoms with Gasteiger partial charge in [0.15, 0.2) is 5.69 Å². The molecule has 0 unspecified atom stereocenters. The quantitative estimate of drug-likeness (QED) is 0.627. The smallest absolute Gasteiger partial charge is 0.187 e. The summed E-state index contributed by atoms with van der Waals surface area (Å²) in [4.78, 5) is 3.36. The van der Waals surface area contributed by atoms with E-state index < -0.39 is 0 Å². The average Bonchev–Trinajstić information content (AvgIpc) is 2.50. The Balaban J connectivity index is 0.000000720. The van der Waals surface area contributed by atoms with E-state index in [0.29, 0.717) is 0 Å². The van der Waals surface area contributed by atoms with Crippen molar-refractivity contribution in [1.29, 1.82) is 0 Å². The van der Waals surface area contributed by atoms with Crippen molar-refractivity contribution < 1.29 is 32.7 Å². The number of nitrogens with zero attached hydrogens (tertiary/aromatic N) is 2. The summed E-state index contributed by atoms with van der Waals surface area (Å²) < 4.78 is 0. The SMILES string of the molecule is [C-]#[N+]c1ccc2c(c1)C[N-]C2.[CH3-].[Y]. The molecule has 1 aromatic carbocycles.